The fraction of sp³-hybridized carbons (Fsp3) is 0.208. The number of nitriles is 1. The van der Waals surface area contributed by atoms with Crippen LogP contribution in [0.5, 0.6) is 11.5 Å². The van der Waals surface area contributed by atoms with Crippen molar-refractivity contribution in [3.63, 3.8) is 0 Å². The van der Waals surface area contributed by atoms with Gasteiger partial charge in [-0.15, -0.1) is 0 Å². The summed E-state index contributed by atoms with van der Waals surface area (Å²) in [5, 5.41) is 16.9. The summed E-state index contributed by atoms with van der Waals surface area (Å²) in [6.07, 6.45) is 4.15. The van der Waals surface area contributed by atoms with Crippen molar-refractivity contribution >= 4 is 17.7 Å². The molecule has 4 rings (SSSR count). The fourth-order valence-electron chi connectivity index (χ4n) is 3.29. The second kappa shape index (κ2) is 8.76. The Bertz CT molecular complexity index is 1190. The number of rotatable bonds is 4. The highest BCUT2D eigenvalue weighted by atomic mass is 16.5. The van der Waals surface area contributed by atoms with E-state index in [9.17, 15) is 10.1 Å². The number of aromatic nitrogens is 2. The standard InChI is InChI=1S/C24H22N4O3/c1-16-4-7-20(8-5-16)26-24(29)18(14-25)12-19-15-28(2)27-23(19)17-6-9-21-22(13-17)31-11-3-10-30-21/h4-9,12-13,15H,3,10-11H2,1-2H3,(H,26,29)/b18-12+. The number of aryl methyl sites for hydroxylation is 2. The van der Waals surface area contributed by atoms with E-state index in [1.54, 1.807) is 36.1 Å². The smallest absolute Gasteiger partial charge is 0.266 e. The number of amides is 1. The Balaban J connectivity index is 1.65. The van der Waals surface area contributed by atoms with Crippen LogP contribution >= 0.6 is 0 Å². The van der Waals surface area contributed by atoms with Crippen LogP contribution in [-0.2, 0) is 11.8 Å². The monoisotopic (exact) mass is 414 g/mol. The molecule has 0 saturated heterocycles. The number of nitrogens with zero attached hydrogens (tertiary/aromatic N) is 3. The Morgan fingerprint density at radius 1 is 1.16 bits per heavy atom. The number of benzene rings is 2. The molecule has 0 fully saturated rings. The minimum absolute atomic E-state index is 0.0100. The molecule has 0 spiro atoms. The number of carbonyl (C=O) groups is 1. The number of carbonyl (C=O) groups excluding carboxylic acids is 1. The maximum absolute atomic E-state index is 12.7. The first-order valence-corrected chi connectivity index (χ1v) is 9.97. The second-order valence-electron chi connectivity index (χ2n) is 7.31. The summed E-state index contributed by atoms with van der Waals surface area (Å²) in [5.74, 6) is 0.887. The van der Waals surface area contributed by atoms with E-state index in [1.165, 1.54) is 0 Å². The second-order valence-corrected chi connectivity index (χ2v) is 7.31. The van der Waals surface area contributed by atoms with E-state index in [-0.39, 0.29) is 5.57 Å². The van der Waals surface area contributed by atoms with E-state index in [4.69, 9.17) is 9.47 Å². The van der Waals surface area contributed by atoms with Crippen LogP contribution < -0.4 is 14.8 Å². The van der Waals surface area contributed by atoms with Gasteiger partial charge in [0.1, 0.15) is 11.6 Å². The molecule has 2 aromatic carbocycles. The van der Waals surface area contributed by atoms with Crippen molar-refractivity contribution in [2.75, 3.05) is 18.5 Å². The highest BCUT2D eigenvalue weighted by Gasteiger charge is 2.17. The number of hydrogen-bond acceptors (Lipinski definition) is 5. The highest BCUT2D eigenvalue weighted by molar-refractivity contribution is 6.10. The van der Waals surface area contributed by atoms with Crippen molar-refractivity contribution in [1.82, 2.24) is 9.78 Å². The Kier molecular flexibility index (Phi) is 5.72. The lowest BCUT2D eigenvalue weighted by Crippen LogP contribution is -2.13. The van der Waals surface area contributed by atoms with E-state index < -0.39 is 5.91 Å². The van der Waals surface area contributed by atoms with Gasteiger partial charge in [-0.2, -0.15) is 10.4 Å². The zero-order valence-corrected chi connectivity index (χ0v) is 17.4. The van der Waals surface area contributed by atoms with Gasteiger partial charge in [0, 0.05) is 36.5 Å². The van der Waals surface area contributed by atoms with Gasteiger partial charge in [-0.05, 0) is 43.3 Å². The topological polar surface area (TPSA) is 89.2 Å². The van der Waals surface area contributed by atoms with E-state index in [0.717, 1.165) is 17.5 Å². The molecule has 3 aromatic rings. The molecule has 7 nitrogen and oxygen atoms in total. The number of hydrogen-bond donors (Lipinski definition) is 1. The van der Waals surface area contributed by atoms with Crippen LogP contribution in [0.4, 0.5) is 5.69 Å². The molecule has 0 saturated carbocycles. The van der Waals surface area contributed by atoms with Crippen molar-refractivity contribution in [3.05, 3.63) is 65.4 Å². The summed E-state index contributed by atoms with van der Waals surface area (Å²) in [5.41, 5.74) is 3.83. The quantitative estimate of drug-likeness (QED) is 0.513. The fourth-order valence-corrected chi connectivity index (χ4v) is 3.29. The molecule has 1 aliphatic rings. The molecule has 156 valence electrons. The third-order valence-corrected chi connectivity index (χ3v) is 4.85. The van der Waals surface area contributed by atoms with Gasteiger partial charge in [-0.25, -0.2) is 0 Å². The molecule has 1 amide bonds. The van der Waals surface area contributed by atoms with Gasteiger partial charge in [0.15, 0.2) is 11.5 Å². The first-order valence-electron chi connectivity index (χ1n) is 9.97. The van der Waals surface area contributed by atoms with Crippen LogP contribution in [0.1, 0.15) is 17.5 Å². The maximum Gasteiger partial charge on any atom is 0.266 e. The molecule has 0 atom stereocenters. The lowest BCUT2D eigenvalue weighted by Gasteiger charge is -2.09. The average Bonchev–Trinajstić information content (AvgIpc) is 2.97. The number of fused-ring (bicyclic) bond motifs is 1. The Labute approximate surface area is 180 Å². The van der Waals surface area contributed by atoms with Crippen molar-refractivity contribution in [3.8, 4) is 28.8 Å². The summed E-state index contributed by atoms with van der Waals surface area (Å²) in [4.78, 5) is 12.7. The minimum atomic E-state index is -0.472. The van der Waals surface area contributed by atoms with Gasteiger partial charge in [-0.1, -0.05) is 17.7 Å². The molecule has 0 bridgehead atoms. The molecular weight excluding hydrogens is 392 g/mol. The van der Waals surface area contributed by atoms with Crippen molar-refractivity contribution in [1.29, 1.82) is 5.26 Å². The molecule has 1 aromatic heterocycles. The Morgan fingerprint density at radius 2 is 1.90 bits per heavy atom. The zero-order valence-electron chi connectivity index (χ0n) is 17.4. The van der Waals surface area contributed by atoms with Gasteiger partial charge in [-0.3, -0.25) is 9.48 Å². The van der Waals surface area contributed by atoms with Crippen LogP contribution in [0.25, 0.3) is 17.3 Å². The molecule has 7 heteroatoms. The summed E-state index contributed by atoms with van der Waals surface area (Å²) in [7, 11) is 1.79. The van der Waals surface area contributed by atoms with Gasteiger partial charge in [0.25, 0.3) is 5.91 Å². The summed E-state index contributed by atoms with van der Waals surface area (Å²) < 4.78 is 13.1. The normalized spacial score (nSPS) is 13.3. The molecule has 1 N–H and O–H groups in total. The van der Waals surface area contributed by atoms with E-state index in [0.29, 0.717) is 41.7 Å². The summed E-state index contributed by atoms with van der Waals surface area (Å²) >= 11 is 0. The molecule has 1 aliphatic heterocycles. The molecule has 31 heavy (non-hydrogen) atoms. The number of anilines is 1. The zero-order chi connectivity index (χ0) is 21.8. The van der Waals surface area contributed by atoms with Crippen LogP contribution in [0.15, 0.2) is 54.2 Å². The maximum atomic E-state index is 12.7. The molecule has 0 radical (unpaired) electrons. The predicted molar refractivity (Wildman–Crippen MR) is 118 cm³/mol. The molecule has 2 heterocycles. The average molecular weight is 414 g/mol. The lowest BCUT2D eigenvalue weighted by atomic mass is 10.1. The van der Waals surface area contributed by atoms with Crippen LogP contribution in [0, 0.1) is 18.3 Å². The first kappa shape index (κ1) is 20.2. The predicted octanol–water partition coefficient (Wildman–Crippen LogP) is 4.10. The number of ether oxygens (including phenoxy) is 2. The SMILES string of the molecule is Cc1ccc(NC(=O)/C(C#N)=C/c2cn(C)nc2-c2ccc3c(c2)OCCCO3)cc1. The molecular formula is C24H22N4O3. The van der Waals surface area contributed by atoms with Crippen LogP contribution in [0.2, 0.25) is 0 Å². The van der Waals surface area contributed by atoms with E-state index in [1.807, 2.05) is 43.3 Å². The first-order chi connectivity index (χ1) is 15.0. The molecule has 0 aliphatic carbocycles. The largest absolute Gasteiger partial charge is 0.490 e. The van der Waals surface area contributed by atoms with Crippen LogP contribution in [-0.4, -0.2) is 28.9 Å². The van der Waals surface area contributed by atoms with Gasteiger partial charge in [0.05, 0.1) is 18.9 Å². The van der Waals surface area contributed by atoms with Crippen molar-refractivity contribution < 1.29 is 14.3 Å². The highest BCUT2D eigenvalue weighted by Crippen LogP contribution is 2.35. The lowest BCUT2D eigenvalue weighted by molar-refractivity contribution is -0.112. The summed E-state index contributed by atoms with van der Waals surface area (Å²) in [6.45, 7) is 3.17. The third kappa shape index (κ3) is 4.59. The van der Waals surface area contributed by atoms with E-state index in [2.05, 4.69) is 10.4 Å². The summed E-state index contributed by atoms with van der Waals surface area (Å²) in [6, 6.07) is 15.0. The van der Waals surface area contributed by atoms with Crippen molar-refractivity contribution in [2.24, 2.45) is 7.05 Å². The minimum Gasteiger partial charge on any atom is -0.490 e. The third-order valence-electron chi connectivity index (χ3n) is 4.85. The van der Waals surface area contributed by atoms with Gasteiger partial charge in [0.2, 0.25) is 0 Å². The number of nitrogens with one attached hydrogen (secondary N) is 1. The molecule has 0 unspecified atom stereocenters. The van der Waals surface area contributed by atoms with E-state index >= 15 is 0 Å². The van der Waals surface area contributed by atoms with Crippen LogP contribution in [0.3, 0.4) is 0 Å². The Hall–Kier alpha value is -4.05. The Morgan fingerprint density at radius 3 is 2.65 bits per heavy atom. The van der Waals surface area contributed by atoms with Crippen molar-refractivity contribution in [2.45, 2.75) is 13.3 Å². The van der Waals surface area contributed by atoms with Gasteiger partial charge >= 0.3 is 0 Å². The van der Waals surface area contributed by atoms with Gasteiger partial charge < -0.3 is 14.8 Å².